The van der Waals surface area contributed by atoms with Crippen LogP contribution in [-0.4, -0.2) is 15.9 Å². The molecule has 3 nitrogen and oxygen atoms in total. The van der Waals surface area contributed by atoms with Crippen LogP contribution in [0.3, 0.4) is 0 Å². The van der Waals surface area contributed by atoms with Crippen molar-refractivity contribution < 1.29 is 0 Å². The van der Waals surface area contributed by atoms with E-state index in [1.54, 1.807) is 0 Å². The van der Waals surface area contributed by atoms with Gasteiger partial charge in [-0.1, -0.05) is 36.4 Å². The Morgan fingerprint density at radius 2 is 1.90 bits per heavy atom. The van der Waals surface area contributed by atoms with Crippen LogP contribution in [0.2, 0.25) is 0 Å². The summed E-state index contributed by atoms with van der Waals surface area (Å²) >= 11 is 0. The number of nitrogens with zero attached hydrogens (tertiary/aromatic N) is 2. The molecule has 0 aliphatic carbocycles. The Labute approximate surface area is 118 Å². The molecule has 4 rings (SSSR count). The minimum absolute atomic E-state index is 0.377. The van der Waals surface area contributed by atoms with E-state index in [-0.39, 0.29) is 0 Å². The van der Waals surface area contributed by atoms with Gasteiger partial charge in [0.2, 0.25) is 0 Å². The van der Waals surface area contributed by atoms with Crippen LogP contribution in [0, 0.1) is 0 Å². The average molecular weight is 263 g/mol. The van der Waals surface area contributed by atoms with Crippen LogP contribution in [-0.2, 0) is 0 Å². The maximum absolute atomic E-state index is 4.94. The highest BCUT2D eigenvalue weighted by atomic mass is 15.1. The number of fused-ring (bicyclic) bond motifs is 1. The molecule has 0 bridgehead atoms. The summed E-state index contributed by atoms with van der Waals surface area (Å²) in [5.41, 5.74) is 3.44. The lowest BCUT2D eigenvalue weighted by Gasteiger charge is -2.08. The zero-order valence-corrected chi connectivity index (χ0v) is 11.3. The van der Waals surface area contributed by atoms with E-state index in [0.717, 1.165) is 18.1 Å². The van der Waals surface area contributed by atoms with Gasteiger partial charge in [0, 0.05) is 11.8 Å². The van der Waals surface area contributed by atoms with Crippen molar-refractivity contribution in [2.45, 2.75) is 18.9 Å². The third-order valence-corrected chi connectivity index (χ3v) is 3.99. The molecule has 0 radical (unpaired) electrons. The van der Waals surface area contributed by atoms with E-state index in [4.69, 9.17) is 4.98 Å². The predicted octanol–water partition coefficient (Wildman–Crippen LogP) is 3.43. The number of imidazole rings is 1. The molecule has 1 saturated heterocycles. The predicted molar refractivity (Wildman–Crippen MR) is 80.6 cm³/mol. The molecule has 3 heterocycles. The number of hydrogen-bond donors (Lipinski definition) is 1. The summed E-state index contributed by atoms with van der Waals surface area (Å²) < 4.78 is 2.23. The molecule has 0 saturated carbocycles. The van der Waals surface area contributed by atoms with E-state index in [2.05, 4.69) is 58.4 Å². The van der Waals surface area contributed by atoms with Crippen molar-refractivity contribution in [1.82, 2.24) is 14.7 Å². The summed E-state index contributed by atoms with van der Waals surface area (Å²) in [6, 6.07) is 17.1. The standard InChI is InChI=1S/C17H17N3/c1-2-7-13(8-3-1)16-15-10-4-5-12-20(15)17(19-16)14-9-6-11-18-14/h1-5,7-8,10,12,14,18H,6,9,11H2. The highest BCUT2D eigenvalue weighted by molar-refractivity contribution is 5.77. The highest BCUT2D eigenvalue weighted by Gasteiger charge is 2.22. The van der Waals surface area contributed by atoms with Gasteiger partial charge in [0.25, 0.3) is 0 Å². The van der Waals surface area contributed by atoms with Crippen LogP contribution in [0.25, 0.3) is 16.8 Å². The summed E-state index contributed by atoms with van der Waals surface area (Å²) in [6.45, 7) is 1.09. The van der Waals surface area contributed by atoms with Crippen molar-refractivity contribution in [3.8, 4) is 11.3 Å². The Bertz CT molecular complexity index is 724. The van der Waals surface area contributed by atoms with Gasteiger partial charge in [-0.05, 0) is 31.5 Å². The Morgan fingerprint density at radius 3 is 2.70 bits per heavy atom. The van der Waals surface area contributed by atoms with Gasteiger partial charge in [0.1, 0.15) is 5.82 Å². The van der Waals surface area contributed by atoms with E-state index >= 15 is 0 Å². The minimum Gasteiger partial charge on any atom is -0.307 e. The SMILES string of the molecule is c1ccc(-c2nc(C3CCCN3)n3ccccc23)cc1. The molecule has 20 heavy (non-hydrogen) atoms. The van der Waals surface area contributed by atoms with Gasteiger partial charge >= 0.3 is 0 Å². The van der Waals surface area contributed by atoms with E-state index in [1.807, 2.05) is 6.07 Å². The molecule has 1 aliphatic heterocycles. The largest absolute Gasteiger partial charge is 0.307 e. The van der Waals surface area contributed by atoms with Crippen molar-refractivity contribution in [3.05, 3.63) is 60.6 Å². The van der Waals surface area contributed by atoms with E-state index in [9.17, 15) is 0 Å². The van der Waals surface area contributed by atoms with Crippen molar-refractivity contribution in [3.63, 3.8) is 0 Å². The minimum atomic E-state index is 0.377. The molecule has 1 N–H and O–H groups in total. The zero-order chi connectivity index (χ0) is 13.4. The van der Waals surface area contributed by atoms with Crippen molar-refractivity contribution in [1.29, 1.82) is 0 Å². The lowest BCUT2D eigenvalue weighted by molar-refractivity contribution is 0.603. The topological polar surface area (TPSA) is 29.3 Å². The molecule has 100 valence electrons. The molecule has 1 aliphatic rings. The number of benzene rings is 1. The second kappa shape index (κ2) is 4.76. The van der Waals surface area contributed by atoms with Crippen LogP contribution < -0.4 is 5.32 Å². The number of pyridine rings is 1. The molecule has 1 atom stereocenters. The number of hydrogen-bond acceptors (Lipinski definition) is 2. The molecular formula is C17H17N3. The molecule has 3 heteroatoms. The normalized spacial score (nSPS) is 18.7. The summed E-state index contributed by atoms with van der Waals surface area (Å²) in [4.78, 5) is 4.94. The van der Waals surface area contributed by atoms with Crippen LogP contribution in [0.1, 0.15) is 24.7 Å². The van der Waals surface area contributed by atoms with Crippen LogP contribution in [0.4, 0.5) is 0 Å². The Morgan fingerprint density at radius 1 is 1.05 bits per heavy atom. The molecule has 2 aromatic heterocycles. The van der Waals surface area contributed by atoms with Crippen molar-refractivity contribution in [2.24, 2.45) is 0 Å². The molecule has 1 unspecified atom stereocenters. The van der Waals surface area contributed by atoms with Gasteiger partial charge in [0.05, 0.1) is 17.3 Å². The fourth-order valence-corrected chi connectivity index (χ4v) is 3.02. The quantitative estimate of drug-likeness (QED) is 0.767. The summed E-state index contributed by atoms with van der Waals surface area (Å²) in [5.74, 6) is 1.14. The smallest absolute Gasteiger partial charge is 0.131 e. The third kappa shape index (κ3) is 1.82. The summed E-state index contributed by atoms with van der Waals surface area (Å²) in [6.07, 6.45) is 4.51. The maximum Gasteiger partial charge on any atom is 0.131 e. The van der Waals surface area contributed by atoms with Gasteiger partial charge in [-0.15, -0.1) is 0 Å². The van der Waals surface area contributed by atoms with Crippen LogP contribution in [0.15, 0.2) is 54.7 Å². The lowest BCUT2D eigenvalue weighted by Crippen LogP contribution is -2.15. The maximum atomic E-state index is 4.94. The van der Waals surface area contributed by atoms with Gasteiger partial charge in [-0.3, -0.25) is 0 Å². The molecule has 3 aromatic rings. The number of rotatable bonds is 2. The fourth-order valence-electron chi connectivity index (χ4n) is 3.02. The fraction of sp³-hybridized carbons (Fsp3) is 0.235. The first-order valence-electron chi connectivity index (χ1n) is 7.19. The van der Waals surface area contributed by atoms with Crippen LogP contribution in [0.5, 0.6) is 0 Å². The van der Waals surface area contributed by atoms with Gasteiger partial charge < -0.3 is 9.72 Å². The first kappa shape index (κ1) is 11.7. The monoisotopic (exact) mass is 263 g/mol. The van der Waals surface area contributed by atoms with Gasteiger partial charge in [-0.25, -0.2) is 4.98 Å². The third-order valence-electron chi connectivity index (χ3n) is 3.99. The van der Waals surface area contributed by atoms with E-state index in [0.29, 0.717) is 6.04 Å². The van der Waals surface area contributed by atoms with Gasteiger partial charge in [0.15, 0.2) is 0 Å². The van der Waals surface area contributed by atoms with Gasteiger partial charge in [-0.2, -0.15) is 0 Å². The van der Waals surface area contributed by atoms with E-state index in [1.165, 1.54) is 23.9 Å². The zero-order valence-electron chi connectivity index (χ0n) is 11.3. The average Bonchev–Trinajstić information content (AvgIpc) is 3.15. The number of aromatic nitrogens is 2. The molecule has 1 fully saturated rings. The molecule has 0 amide bonds. The van der Waals surface area contributed by atoms with E-state index < -0.39 is 0 Å². The Hall–Kier alpha value is -2.13. The molecule has 0 spiro atoms. The molecule has 1 aromatic carbocycles. The van der Waals surface area contributed by atoms with Crippen LogP contribution >= 0.6 is 0 Å². The first-order valence-corrected chi connectivity index (χ1v) is 7.19. The molecular weight excluding hydrogens is 246 g/mol. The van der Waals surface area contributed by atoms with Crippen molar-refractivity contribution >= 4 is 5.52 Å². The number of nitrogens with one attached hydrogen (secondary N) is 1. The Balaban J connectivity index is 1.93. The summed E-state index contributed by atoms with van der Waals surface area (Å²) in [7, 11) is 0. The second-order valence-electron chi connectivity index (χ2n) is 5.29. The second-order valence-corrected chi connectivity index (χ2v) is 5.29. The highest BCUT2D eigenvalue weighted by Crippen LogP contribution is 2.29. The summed E-state index contributed by atoms with van der Waals surface area (Å²) in [5, 5.41) is 3.55. The van der Waals surface area contributed by atoms with Crippen molar-refractivity contribution in [2.75, 3.05) is 6.54 Å². The Kier molecular flexibility index (Phi) is 2.78. The first-order chi connectivity index (χ1) is 9.93. The lowest BCUT2D eigenvalue weighted by atomic mass is 10.1.